The third-order valence-corrected chi connectivity index (χ3v) is 5.78. The lowest BCUT2D eigenvalue weighted by atomic mass is 9.84. The number of carbonyl (C=O) groups excluding carboxylic acids is 3. The van der Waals surface area contributed by atoms with Gasteiger partial charge in [-0.25, -0.2) is 14.4 Å². The van der Waals surface area contributed by atoms with Crippen LogP contribution in [0.15, 0.2) is 91.0 Å². The first-order valence-electron chi connectivity index (χ1n) is 11.2. The Morgan fingerprint density at radius 2 is 0.722 bits per heavy atom. The molecule has 3 aromatic carbocycles. The molecule has 0 aliphatic heterocycles. The molecule has 9 nitrogen and oxygen atoms in total. The van der Waals surface area contributed by atoms with Crippen LogP contribution in [0.3, 0.4) is 0 Å². The SMILES string of the molecule is O=C(OC1[C@@H](OC(=O)c2ccccc2)[C@H](O)C(O)[C@@H](O)[C@H]1OC(=O)c1ccccc1)c1ccccc1. The standard InChI is InChI=1S/C27H24O9/c28-19-20(29)22(34-25(31)16-10-4-1-5-11-16)24(36-27(33)18-14-8-3-9-15-18)23(21(19)30)35-26(32)17-12-6-2-7-13-17/h1-15,19-24,28-30H/t19?,20-,21-,22-,23+,24?/m1/s1. The first-order valence-corrected chi connectivity index (χ1v) is 11.2. The van der Waals surface area contributed by atoms with Crippen molar-refractivity contribution in [3.8, 4) is 0 Å². The predicted octanol–water partition coefficient (Wildman–Crippen LogP) is 1.76. The molecule has 36 heavy (non-hydrogen) atoms. The Kier molecular flexibility index (Phi) is 7.74. The van der Waals surface area contributed by atoms with E-state index >= 15 is 0 Å². The summed E-state index contributed by atoms with van der Waals surface area (Å²) >= 11 is 0. The van der Waals surface area contributed by atoms with Gasteiger partial charge in [-0.15, -0.1) is 0 Å². The Morgan fingerprint density at radius 3 is 1.03 bits per heavy atom. The van der Waals surface area contributed by atoms with Crippen molar-refractivity contribution in [1.82, 2.24) is 0 Å². The second-order valence-electron chi connectivity index (χ2n) is 8.18. The van der Waals surface area contributed by atoms with Gasteiger partial charge in [0, 0.05) is 0 Å². The Hall–Kier alpha value is -4.05. The highest BCUT2D eigenvalue weighted by Crippen LogP contribution is 2.30. The molecule has 4 rings (SSSR count). The number of ether oxygens (including phenoxy) is 3. The average Bonchev–Trinajstić information content (AvgIpc) is 2.93. The van der Waals surface area contributed by atoms with E-state index in [4.69, 9.17) is 14.2 Å². The van der Waals surface area contributed by atoms with Gasteiger partial charge < -0.3 is 29.5 Å². The van der Waals surface area contributed by atoms with Crippen molar-refractivity contribution in [1.29, 1.82) is 0 Å². The van der Waals surface area contributed by atoms with Crippen LogP contribution in [0.4, 0.5) is 0 Å². The van der Waals surface area contributed by atoms with Crippen molar-refractivity contribution in [3.05, 3.63) is 108 Å². The van der Waals surface area contributed by atoms with Crippen LogP contribution in [-0.4, -0.2) is 69.9 Å². The van der Waals surface area contributed by atoms with Gasteiger partial charge in [0.05, 0.1) is 16.7 Å². The summed E-state index contributed by atoms with van der Waals surface area (Å²) in [7, 11) is 0. The van der Waals surface area contributed by atoms with E-state index in [0.717, 1.165) is 0 Å². The fraction of sp³-hybridized carbons (Fsp3) is 0.222. The highest BCUT2D eigenvalue weighted by Gasteiger charge is 2.55. The van der Waals surface area contributed by atoms with Crippen LogP contribution in [0.25, 0.3) is 0 Å². The third kappa shape index (κ3) is 5.44. The van der Waals surface area contributed by atoms with E-state index in [2.05, 4.69) is 0 Å². The summed E-state index contributed by atoms with van der Waals surface area (Å²) in [6.07, 6.45) is -10.6. The molecule has 0 saturated heterocycles. The number of aliphatic hydroxyl groups is 3. The monoisotopic (exact) mass is 492 g/mol. The Balaban J connectivity index is 1.67. The number of aliphatic hydroxyl groups excluding tert-OH is 3. The quantitative estimate of drug-likeness (QED) is 0.347. The van der Waals surface area contributed by atoms with E-state index in [-0.39, 0.29) is 16.7 Å². The van der Waals surface area contributed by atoms with Crippen LogP contribution in [0.1, 0.15) is 31.1 Å². The molecule has 1 fully saturated rings. The summed E-state index contributed by atoms with van der Waals surface area (Å²) in [5.41, 5.74) is 0.404. The maximum atomic E-state index is 12.9. The van der Waals surface area contributed by atoms with Gasteiger partial charge in [-0.05, 0) is 36.4 Å². The number of esters is 3. The van der Waals surface area contributed by atoms with E-state index < -0.39 is 54.5 Å². The summed E-state index contributed by atoms with van der Waals surface area (Å²) in [4.78, 5) is 38.4. The van der Waals surface area contributed by atoms with Crippen LogP contribution in [0.5, 0.6) is 0 Å². The summed E-state index contributed by atoms with van der Waals surface area (Å²) in [5, 5.41) is 31.9. The minimum Gasteiger partial charge on any atom is -0.452 e. The largest absolute Gasteiger partial charge is 0.452 e. The molecule has 0 aromatic heterocycles. The molecule has 1 saturated carbocycles. The zero-order valence-corrected chi connectivity index (χ0v) is 18.9. The zero-order valence-electron chi connectivity index (χ0n) is 18.9. The normalized spacial score (nSPS) is 25.4. The molecule has 2 unspecified atom stereocenters. The maximum absolute atomic E-state index is 12.9. The molecule has 0 spiro atoms. The van der Waals surface area contributed by atoms with Crippen molar-refractivity contribution in [2.24, 2.45) is 0 Å². The topological polar surface area (TPSA) is 140 Å². The number of carbonyl (C=O) groups is 3. The van der Waals surface area contributed by atoms with Gasteiger partial charge in [0.1, 0.15) is 18.3 Å². The lowest BCUT2D eigenvalue weighted by Gasteiger charge is -2.44. The predicted molar refractivity (Wildman–Crippen MR) is 125 cm³/mol. The third-order valence-electron chi connectivity index (χ3n) is 5.78. The molecular weight excluding hydrogens is 468 g/mol. The van der Waals surface area contributed by atoms with Crippen molar-refractivity contribution in [2.75, 3.05) is 0 Å². The van der Waals surface area contributed by atoms with Crippen LogP contribution < -0.4 is 0 Å². The highest BCUT2D eigenvalue weighted by atomic mass is 16.6. The Bertz CT molecular complexity index is 1120. The molecule has 6 atom stereocenters. The van der Waals surface area contributed by atoms with Crippen molar-refractivity contribution >= 4 is 17.9 Å². The molecule has 0 bridgehead atoms. The van der Waals surface area contributed by atoms with Gasteiger partial charge in [0.2, 0.25) is 0 Å². The van der Waals surface area contributed by atoms with E-state index in [1.165, 1.54) is 36.4 Å². The van der Waals surface area contributed by atoms with E-state index in [0.29, 0.717) is 0 Å². The van der Waals surface area contributed by atoms with Crippen molar-refractivity contribution < 1.29 is 43.9 Å². The number of hydrogen-bond donors (Lipinski definition) is 3. The van der Waals surface area contributed by atoms with Crippen LogP contribution in [-0.2, 0) is 14.2 Å². The minimum absolute atomic E-state index is 0.133. The van der Waals surface area contributed by atoms with Gasteiger partial charge in [0.15, 0.2) is 18.3 Å². The number of rotatable bonds is 6. The number of hydrogen-bond acceptors (Lipinski definition) is 9. The highest BCUT2D eigenvalue weighted by molar-refractivity contribution is 5.91. The Labute approximate surface area is 206 Å². The van der Waals surface area contributed by atoms with Gasteiger partial charge in [-0.1, -0.05) is 54.6 Å². The number of benzene rings is 3. The van der Waals surface area contributed by atoms with Gasteiger partial charge in [0.25, 0.3) is 0 Å². The zero-order chi connectivity index (χ0) is 25.7. The maximum Gasteiger partial charge on any atom is 0.338 e. The molecule has 0 radical (unpaired) electrons. The molecule has 1 aliphatic rings. The van der Waals surface area contributed by atoms with Gasteiger partial charge in [-0.2, -0.15) is 0 Å². The first kappa shape index (κ1) is 25.1. The summed E-state index contributed by atoms with van der Waals surface area (Å²) in [6.45, 7) is 0. The average molecular weight is 492 g/mol. The molecular formula is C27H24O9. The molecule has 0 amide bonds. The van der Waals surface area contributed by atoms with E-state index in [1.54, 1.807) is 54.6 Å². The fourth-order valence-corrected chi connectivity index (χ4v) is 3.87. The fourth-order valence-electron chi connectivity index (χ4n) is 3.87. The van der Waals surface area contributed by atoms with Crippen molar-refractivity contribution in [3.63, 3.8) is 0 Å². The van der Waals surface area contributed by atoms with Crippen LogP contribution in [0, 0.1) is 0 Å². The van der Waals surface area contributed by atoms with Gasteiger partial charge in [-0.3, -0.25) is 0 Å². The molecule has 0 heterocycles. The molecule has 3 aromatic rings. The molecule has 186 valence electrons. The Morgan fingerprint density at radius 1 is 0.444 bits per heavy atom. The van der Waals surface area contributed by atoms with Crippen LogP contribution >= 0.6 is 0 Å². The lowest BCUT2D eigenvalue weighted by Crippen LogP contribution is -2.66. The van der Waals surface area contributed by atoms with Crippen molar-refractivity contribution in [2.45, 2.75) is 36.6 Å². The second-order valence-corrected chi connectivity index (χ2v) is 8.18. The minimum atomic E-state index is -1.88. The molecule has 1 aliphatic carbocycles. The molecule has 9 heteroatoms. The molecule has 3 N–H and O–H groups in total. The summed E-state index contributed by atoms with van der Waals surface area (Å²) in [5.74, 6) is -2.63. The first-order chi connectivity index (χ1) is 17.4. The van der Waals surface area contributed by atoms with E-state index in [1.807, 2.05) is 0 Å². The summed E-state index contributed by atoms with van der Waals surface area (Å²) < 4.78 is 16.4. The van der Waals surface area contributed by atoms with E-state index in [9.17, 15) is 29.7 Å². The second kappa shape index (κ2) is 11.1. The van der Waals surface area contributed by atoms with Gasteiger partial charge >= 0.3 is 17.9 Å². The summed E-state index contributed by atoms with van der Waals surface area (Å²) in [6, 6.07) is 23.5. The lowest BCUT2D eigenvalue weighted by molar-refractivity contribution is -0.223. The smallest absolute Gasteiger partial charge is 0.338 e. The van der Waals surface area contributed by atoms with Crippen LogP contribution in [0.2, 0.25) is 0 Å².